The van der Waals surface area contributed by atoms with E-state index in [0.717, 1.165) is 6.07 Å². The second kappa shape index (κ2) is 7.56. The quantitative estimate of drug-likeness (QED) is 0.255. The summed E-state index contributed by atoms with van der Waals surface area (Å²) in [6.45, 7) is 1.25. The predicted molar refractivity (Wildman–Crippen MR) is 89.4 cm³/mol. The normalized spacial score (nSPS) is 14.1. The molecule has 0 saturated heterocycles. The van der Waals surface area contributed by atoms with E-state index < -0.39 is 47.1 Å². The Morgan fingerprint density at radius 3 is 1.27 bits per heavy atom. The lowest BCUT2D eigenvalue weighted by atomic mass is 10.2. The average molecular weight is 455 g/mol. The predicted octanol–water partition coefficient (Wildman–Crippen LogP) is 0.0794. The molecule has 1 aromatic carbocycles. The molecular formula is C9H17NO12P4. The zero-order valence-electron chi connectivity index (χ0n) is 12.9. The van der Waals surface area contributed by atoms with E-state index in [2.05, 4.69) is 0 Å². The van der Waals surface area contributed by atoms with Crippen LogP contribution in [0.1, 0.15) is 5.56 Å². The first-order chi connectivity index (χ1) is 11.4. The first-order valence-corrected chi connectivity index (χ1v) is 13.2. The number of rotatable bonds is 7. The van der Waals surface area contributed by atoms with E-state index >= 15 is 0 Å². The van der Waals surface area contributed by atoms with Gasteiger partial charge < -0.3 is 44.0 Å². The maximum absolute atomic E-state index is 11.7. The van der Waals surface area contributed by atoms with Crippen molar-refractivity contribution in [2.45, 2.75) is 18.0 Å². The Bertz CT molecular complexity index is 756. The summed E-state index contributed by atoms with van der Waals surface area (Å²) in [5.41, 5.74) is -7.06. The SMILES string of the molecule is Cc1ccccc1N(C(P(=O)(O)O)P(=O)(O)O)C(P(=O)(O)O)P(=O)(O)O. The number of benzene rings is 1. The van der Waals surface area contributed by atoms with Crippen LogP contribution in [0.25, 0.3) is 0 Å². The highest BCUT2D eigenvalue weighted by Crippen LogP contribution is 2.69. The lowest BCUT2D eigenvalue weighted by Crippen LogP contribution is -2.43. The van der Waals surface area contributed by atoms with Crippen molar-refractivity contribution in [3.8, 4) is 0 Å². The Morgan fingerprint density at radius 1 is 0.692 bits per heavy atom. The third kappa shape index (κ3) is 5.56. The van der Waals surface area contributed by atoms with Crippen LogP contribution in [0, 0.1) is 6.92 Å². The Balaban J connectivity index is 3.99. The fourth-order valence-corrected chi connectivity index (χ4v) is 8.14. The van der Waals surface area contributed by atoms with Crippen LogP contribution in [0.2, 0.25) is 0 Å². The van der Waals surface area contributed by atoms with Crippen molar-refractivity contribution in [3.63, 3.8) is 0 Å². The molecule has 0 aliphatic heterocycles. The molecule has 0 amide bonds. The number of nitrogens with zero attached hydrogens (tertiary/aromatic N) is 1. The lowest BCUT2D eigenvalue weighted by Gasteiger charge is -2.40. The standard InChI is InChI=1S/C9H17NO12P4/c1-6-4-2-3-5-7(6)10(8(23(11,12)13)24(14,15)16)9(25(17,18)19)26(20,21)22/h2-5,8-9H,1H3,(H2,11,12,13)(H2,14,15,16)(H2,17,18,19)(H2,20,21,22). The van der Waals surface area contributed by atoms with Crippen LogP contribution >= 0.6 is 30.4 Å². The van der Waals surface area contributed by atoms with Gasteiger partial charge in [-0.25, -0.2) is 0 Å². The third-order valence-electron chi connectivity index (χ3n) is 3.09. The second-order valence-corrected chi connectivity index (χ2v) is 12.7. The van der Waals surface area contributed by atoms with Crippen LogP contribution in [0.4, 0.5) is 5.69 Å². The van der Waals surface area contributed by atoms with E-state index in [0.29, 0.717) is 0 Å². The van der Waals surface area contributed by atoms with Crippen molar-refractivity contribution in [3.05, 3.63) is 29.8 Å². The van der Waals surface area contributed by atoms with Gasteiger partial charge in [0.15, 0.2) is 0 Å². The van der Waals surface area contributed by atoms with Gasteiger partial charge in [-0.15, -0.1) is 0 Å². The molecular weight excluding hydrogens is 438 g/mol. The number of anilines is 1. The molecule has 0 heterocycles. The van der Waals surface area contributed by atoms with Crippen LogP contribution in [0.5, 0.6) is 0 Å². The largest absolute Gasteiger partial charge is 0.360 e. The van der Waals surface area contributed by atoms with E-state index in [1.165, 1.54) is 25.1 Å². The van der Waals surface area contributed by atoms with E-state index in [1.54, 1.807) is 0 Å². The summed E-state index contributed by atoms with van der Waals surface area (Å²) in [5, 5.41) is 0. The van der Waals surface area contributed by atoms with Crippen LogP contribution < -0.4 is 4.90 Å². The second-order valence-electron chi connectivity index (χ2n) is 5.24. The monoisotopic (exact) mass is 455 g/mol. The minimum absolute atomic E-state index is 0.00806. The molecule has 8 N–H and O–H groups in total. The van der Waals surface area contributed by atoms with Crippen molar-refractivity contribution in [1.29, 1.82) is 0 Å². The molecule has 0 aliphatic carbocycles. The first-order valence-electron chi connectivity index (χ1n) is 6.43. The summed E-state index contributed by atoms with van der Waals surface area (Å²) >= 11 is 0. The van der Waals surface area contributed by atoms with Gasteiger partial charge in [0.05, 0.1) is 0 Å². The molecule has 17 heteroatoms. The fraction of sp³-hybridized carbons (Fsp3) is 0.333. The molecule has 13 nitrogen and oxygen atoms in total. The van der Waals surface area contributed by atoms with Gasteiger partial charge in [0.25, 0.3) is 0 Å². The highest BCUT2D eigenvalue weighted by Gasteiger charge is 2.58. The number of hydrogen-bond donors (Lipinski definition) is 8. The van der Waals surface area contributed by atoms with Gasteiger partial charge in [-0.2, -0.15) is 0 Å². The summed E-state index contributed by atoms with van der Waals surface area (Å²) in [5.74, 6) is 0. The van der Waals surface area contributed by atoms with Gasteiger partial charge in [0, 0.05) is 5.69 Å². The average Bonchev–Trinajstić information content (AvgIpc) is 2.31. The molecule has 0 atom stereocenters. The molecule has 0 saturated carbocycles. The lowest BCUT2D eigenvalue weighted by molar-refractivity contribution is 0.323. The van der Waals surface area contributed by atoms with E-state index in [-0.39, 0.29) is 10.5 Å². The van der Waals surface area contributed by atoms with E-state index in [9.17, 15) is 57.4 Å². The molecule has 0 fully saturated rings. The maximum Gasteiger partial charge on any atom is 0.360 e. The summed E-state index contributed by atoms with van der Waals surface area (Å²) in [4.78, 5) is 74.8. The minimum atomic E-state index is -5.86. The maximum atomic E-state index is 11.7. The number of hydrogen-bond acceptors (Lipinski definition) is 5. The van der Waals surface area contributed by atoms with Crippen LogP contribution in [-0.2, 0) is 18.3 Å². The van der Waals surface area contributed by atoms with Crippen molar-refractivity contribution >= 4 is 36.1 Å². The molecule has 1 rings (SSSR count). The fourth-order valence-electron chi connectivity index (χ4n) is 2.26. The summed E-state index contributed by atoms with van der Waals surface area (Å²) < 4.78 is 46.9. The summed E-state index contributed by atoms with van der Waals surface area (Å²) in [6.07, 6.45) is 0. The Hall–Kier alpha value is -0.380. The van der Waals surface area contributed by atoms with Gasteiger partial charge in [0.1, 0.15) is 0 Å². The van der Waals surface area contributed by atoms with Gasteiger partial charge >= 0.3 is 30.4 Å². The smallest absolute Gasteiger partial charge is 0.323 e. The number of para-hydroxylation sites is 1. The van der Waals surface area contributed by atoms with Crippen LogP contribution in [0.3, 0.4) is 0 Å². The molecule has 0 aromatic heterocycles. The summed E-state index contributed by atoms with van der Waals surface area (Å²) in [6, 6.07) is 4.76. The highest BCUT2D eigenvalue weighted by molar-refractivity contribution is 7.73. The Kier molecular flexibility index (Phi) is 6.88. The zero-order chi connectivity index (χ0) is 20.7. The van der Waals surface area contributed by atoms with E-state index in [4.69, 9.17) is 0 Å². The molecule has 0 spiro atoms. The Morgan fingerprint density at radius 2 is 1.00 bits per heavy atom. The van der Waals surface area contributed by atoms with Gasteiger partial charge in [-0.3, -0.25) is 18.3 Å². The van der Waals surface area contributed by atoms with Gasteiger partial charge in [-0.05, 0) is 18.6 Å². The molecule has 0 aliphatic rings. The van der Waals surface area contributed by atoms with Crippen LogP contribution in [0.15, 0.2) is 24.3 Å². The van der Waals surface area contributed by atoms with Crippen LogP contribution in [-0.4, -0.2) is 50.2 Å². The first kappa shape index (κ1) is 23.7. The van der Waals surface area contributed by atoms with Crippen molar-refractivity contribution in [2.24, 2.45) is 0 Å². The molecule has 1 aromatic rings. The van der Waals surface area contributed by atoms with Gasteiger partial charge in [-0.1, -0.05) is 18.2 Å². The topological polar surface area (TPSA) is 233 Å². The molecule has 0 radical (unpaired) electrons. The third-order valence-corrected chi connectivity index (χ3v) is 10.1. The summed E-state index contributed by atoms with van der Waals surface area (Å²) in [7, 11) is -23.4. The zero-order valence-corrected chi connectivity index (χ0v) is 16.5. The van der Waals surface area contributed by atoms with Gasteiger partial charge in [0.2, 0.25) is 11.0 Å². The molecule has 150 valence electrons. The van der Waals surface area contributed by atoms with Crippen molar-refractivity contribution in [1.82, 2.24) is 0 Å². The minimum Gasteiger partial charge on any atom is -0.323 e. The van der Waals surface area contributed by atoms with Crippen molar-refractivity contribution in [2.75, 3.05) is 4.90 Å². The van der Waals surface area contributed by atoms with E-state index in [1.807, 2.05) is 0 Å². The number of aryl methyl sites for hydroxylation is 1. The van der Waals surface area contributed by atoms with Crippen molar-refractivity contribution < 1.29 is 57.4 Å². The molecule has 0 unspecified atom stereocenters. The molecule has 0 bridgehead atoms. The highest BCUT2D eigenvalue weighted by atomic mass is 31.2. The Labute approximate surface area is 146 Å². The molecule has 26 heavy (non-hydrogen) atoms.